The van der Waals surface area contributed by atoms with Crippen molar-refractivity contribution in [2.45, 2.75) is 11.6 Å². The molecule has 0 amide bonds. The minimum atomic E-state index is -4.95. The van der Waals surface area contributed by atoms with Crippen molar-refractivity contribution in [1.29, 1.82) is 0 Å². The van der Waals surface area contributed by atoms with Crippen molar-refractivity contribution in [2.75, 3.05) is 0 Å². The molecule has 0 saturated carbocycles. The van der Waals surface area contributed by atoms with Crippen LogP contribution in [0.25, 0.3) is 0 Å². The first-order valence-electron chi connectivity index (χ1n) is 8.72. The van der Waals surface area contributed by atoms with Crippen LogP contribution in [0.4, 0.5) is 13.2 Å². The molecule has 1 aliphatic rings. The number of aromatic carboxylic acids is 2. The van der Waals surface area contributed by atoms with Crippen molar-refractivity contribution in [1.82, 2.24) is 0 Å². The molecular formula is C22H13F3O5. The molecule has 2 N–H and O–H groups in total. The van der Waals surface area contributed by atoms with E-state index in [9.17, 15) is 33.0 Å². The van der Waals surface area contributed by atoms with Crippen LogP contribution in [-0.4, -0.2) is 28.3 Å². The molecule has 3 aromatic carbocycles. The Morgan fingerprint density at radius 3 is 1.63 bits per heavy atom. The average Bonchev–Trinajstić information content (AvgIpc) is 2.70. The van der Waals surface area contributed by atoms with Gasteiger partial charge < -0.3 is 14.9 Å². The molecule has 1 heterocycles. The number of hydrogen-bond acceptors (Lipinski definition) is 3. The fourth-order valence-electron chi connectivity index (χ4n) is 3.82. The number of carbonyl (C=O) groups is 2. The molecule has 0 saturated heterocycles. The van der Waals surface area contributed by atoms with Gasteiger partial charge in [-0.25, -0.2) is 9.59 Å². The van der Waals surface area contributed by atoms with E-state index in [0.29, 0.717) is 0 Å². The number of rotatable bonds is 3. The first kappa shape index (κ1) is 19.5. The maximum absolute atomic E-state index is 15.0. The summed E-state index contributed by atoms with van der Waals surface area (Å²) < 4.78 is 50.5. The van der Waals surface area contributed by atoms with E-state index in [2.05, 4.69) is 0 Å². The fraction of sp³-hybridized carbons (Fsp3) is 0.0909. The SMILES string of the molecule is O=C(O)c1ccc2c(c1)C(c1ccccc1)(C(F)(F)F)c1cc(C(=O)O)ccc1O2. The second-order valence-corrected chi connectivity index (χ2v) is 6.75. The van der Waals surface area contributed by atoms with Crippen LogP contribution in [0.2, 0.25) is 0 Å². The molecule has 0 fully saturated rings. The highest BCUT2D eigenvalue weighted by Crippen LogP contribution is 2.59. The fourth-order valence-corrected chi connectivity index (χ4v) is 3.82. The Labute approximate surface area is 168 Å². The van der Waals surface area contributed by atoms with Gasteiger partial charge in [0.05, 0.1) is 11.1 Å². The van der Waals surface area contributed by atoms with Crippen molar-refractivity contribution in [2.24, 2.45) is 0 Å². The second-order valence-electron chi connectivity index (χ2n) is 6.75. The quantitative estimate of drug-likeness (QED) is 0.624. The van der Waals surface area contributed by atoms with E-state index < -0.39 is 34.7 Å². The van der Waals surface area contributed by atoms with E-state index in [1.54, 1.807) is 6.07 Å². The van der Waals surface area contributed by atoms with Crippen LogP contribution in [0, 0.1) is 0 Å². The summed E-state index contributed by atoms with van der Waals surface area (Å²) in [5, 5.41) is 18.7. The van der Waals surface area contributed by atoms with Gasteiger partial charge in [0, 0.05) is 11.1 Å². The standard InChI is InChI=1S/C22H13F3O5/c23-22(24,25)21(14-4-2-1-3-5-14)15-10-12(19(26)27)6-8-17(15)30-18-9-7-13(20(28)29)11-16(18)21/h1-11H,(H,26,27)(H,28,29). The van der Waals surface area contributed by atoms with Crippen LogP contribution in [0.5, 0.6) is 11.5 Å². The van der Waals surface area contributed by atoms with Gasteiger partial charge in [-0.2, -0.15) is 13.2 Å². The number of halogens is 3. The molecule has 0 aliphatic carbocycles. The lowest BCUT2D eigenvalue weighted by atomic mass is 9.66. The van der Waals surface area contributed by atoms with Gasteiger partial charge in [-0.15, -0.1) is 0 Å². The summed E-state index contributed by atoms with van der Waals surface area (Å²) in [5.74, 6) is -3.10. The lowest BCUT2D eigenvalue weighted by Gasteiger charge is -2.42. The van der Waals surface area contributed by atoms with Gasteiger partial charge >= 0.3 is 18.1 Å². The zero-order valence-corrected chi connectivity index (χ0v) is 15.1. The largest absolute Gasteiger partial charge is 0.478 e. The minimum absolute atomic E-state index is 0.156. The van der Waals surface area contributed by atoms with Gasteiger partial charge in [0.2, 0.25) is 0 Å². The number of benzene rings is 3. The van der Waals surface area contributed by atoms with Crippen LogP contribution in [0.1, 0.15) is 37.4 Å². The Kier molecular flexibility index (Phi) is 4.30. The predicted octanol–water partition coefficient (Wildman–Crippen LogP) is 5.09. The molecule has 152 valence electrons. The Hall–Kier alpha value is -3.81. The van der Waals surface area contributed by atoms with Crippen LogP contribution < -0.4 is 4.74 Å². The highest BCUT2D eigenvalue weighted by Gasteiger charge is 2.62. The van der Waals surface area contributed by atoms with Crippen LogP contribution in [0.15, 0.2) is 66.7 Å². The highest BCUT2D eigenvalue weighted by molar-refractivity contribution is 5.90. The first-order valence-corrected chi connectivity index (χ1v) is 8.72. The van der Waals surface area contributed by atoms with Crippen LogP contribution in [0.3, 0.4) is 0 Å². The summed E-state index contributed by atoms with van der Waals surface area (Å²) in [7, 11) is 0. The summed E-state index contributed by atoms with van der Waals surface area (Å²) in [6.07, 6.45) is -4.95. The third kappa shape index (κ3) is 2.72. The maximum atomic E-state index is 15.0. The van der Waals surface area contributed by atoms with Crippen molar-refractivity contribution in [3.05, 3.63) is 94.5 Å². The molecule has 0 unspecified atom stereocenters. The molecule has 5 nitrogen and oxygen atoms in total. The van der Waals surface area contributed by atoms with E-state index in [4.69, 9.17) is 4.74 Å². The Morgan fingerprint density at radius 2 is 1.23 bits per heavy atom. The summed E-state index contributed by atoms with van der Waals surface area (Å²) >= 11 is 0. The maximum Gasteiger partial charge on any atom is 0.406 e. The van der Waals surface area contributed by atoms with Crippen molar-refractivity contribution in [3.8, 4) is 11.5 Å². The average molecular weight is 414 g/mol. The molecule has 3 aromatic rings. The van der Waals surface area contributed by atoms with E-state index in [0.717, 1.165) is 24.3 Å². The summed E-state index contributed by atoms with van der Waals surface area (Å²) in [5.41, 5.74) is -4.55. The van der Waals surface area contributed by atoms with E-state index in [1.165, 1.54) is 36.4 Å². The molecule has 0 aromatic heterocycles. The number of alkyl halides is 3. The van der Waals surface area contributed by atoms with E-state index in [1.807, 2.05) is 0 Å². The second kappa shape index (κ2) is 6.62. The zero-order chi connectivity index (χ0) is 21.7. The Bertz CT molecular complexity index is 1110. The molecule has 0 atom stereocenters. The summed E-state index contributed by atoms with van der Waals surface area (Å²) in [6, 6.07) is 13.5. The van der Waals surface area contributed by atoms with E-state index >= 15 is 0 Å². The number of ether oxygens (including phenoxy) is 1. The van der Waals surface area contributed by atoms with Gasteiger partial charge in [0.1, 0.15) is 16.9 Å². The van der Waals surface area contributed by atoms with Gasteiger partial charge in [0.25, 0.3) is 0 Å². The molecule has 0 spiro atoms. The smallest absolute Gasteiger partial charge is 0.406 e. The monoisotopic (exact) mass is 414 g/mol. The van der Waals surface area contributed by atoms with Crippen molar-refractivity contribution < 1.29 is 37.7 Å². The van der Waals surface area contributed by atoms with Crippen molar-refractivity contribution in [3.63, 3.8) is 0 Å². The lowest BCUT2D eigenvalue weighted by molar-refractivity contribution is -0.168. The van der Waals surface area contributed by atoms with Crippen molar-refractivity contribution >= 4 is 11.9 Å². The zero-order valence-electron chi connectivity index (χ0n) is 15.1. The molecular weight excluding hydrogens is 401 g/mol. The predicted molar refractivity (Wildman–Crippen MR) is 99.3 cm³/mol. The number of fused-ring (bicyclic) bond motifs is 2. The molecule has 4 rings (SSSR count). The van der Waals surface area contributed by atoms with Crippen LogP contribution in [-0.2, 0) is 5.41 Å². The molecule has 0 bridgehead atoms. The summed E-state index contributed by atoms with van der Waals surface area (Å²) in [6.45, 7) is 0. The first-order chi connectivity index (χ1) is 14.2. The number of carboxylic acid groups (broad SMARTS) is 2. The van der Waals surface area contributed by atoms with E-state index in [-0.39, 0.29) is 28.2 Å². The number of hydrogen-bond donors (Lipinski definition) is 2. The Morgan fingerprint density at radius 1 is 0.767 bits per heavy atom. The van der Waals surface area contributed by atoms with Gasteiger partial charge in [0.15, 0.2) is 0 Å². The van der Waals surface area contributed by atoms with Gasteiger partial charge in [-0.3, -0.25) is 0 Å². The molecule has 1 aliphatic heterocycles. The van der Waals surface area contributed by atoms with Gasteiger partial charge in [-0.05, 0) is 42.0 Å². The lowest BCUT2D eigenvalue weighted by Crippen LogP contribution is -2.46. The Balaban J connectivity index is 2.19. The van der Waals surface area contributed by atoms with Gasteiger partial charge in [-0.1, -0.05) is 30.3 Å². The highest BCUT2D eigenvalue weighted by atomic mass is 19.4. The normalized spacial score (nSPS) is 14.2. The summed E-state index contributed by atoms with van der Waals surface area (Å²) in [4.78, 5) is 22.9. The number of carboxylic acids is 2. The van der Waals surface area contributed by atoms with Crippen LogP contribution >= 0.6 is 0 Å². The minimum Gasteiger partial charge on any atom is -0.478 e. The molecule has 0 radical (unpaired) electrons. The topological polar surface area (TPSA) is 83.8 Å². The molecule has 30 heavy (non-hydrogen) atoms. The molecule has 8 heteroatoms. The third-order valence-electron chi connectivity index (χ3n) is 5.11. The third-order valence-corrected chi connectivity index (χ3v) is 5.11.